The number of hydrogen-bond acceptors (Lipinski definition) is 9. The molecule has 1 fully saturated rings. The van der Waals surface area contributed by atoms with Gasteiger partial charge in [-0.1, -0.05) is 0 Å². The lowest BCUT2D eigenvalue weighted by Gasteiger charge is -2.41. The fraction of sp³-hybridized carbons (Fsp3) is 0.318. The van der Waals surface area contributed by atoms with Crippen molar-refractivity contribution in [2.75, 3.05) is 13.2 Å². The predicted molar refractivity (Wildman–Crippen MR) is 108 cm³/mol. The van der Waals surface area contributed by atoms with Crippen LogP contribution in [-0.4, -0.2) is 58.2 Å². The summed E-state index contributed by atoms with van der Waals surface area (Å²) in [5.74, 6) is -0.966. The Labute approximate surface area is 180 Å². The summed E-state index contributed by atoms with van der Waals surface area (Å²) in [5.41, 5.74) is -0.297. The summed E-state index contributed by atoms with van der Waals surface area (Å²) in [7, 11) is 0. The summed E-state index contributed by atoms with van der Waals surface area (Å²) in [6.07, 6.45) is -4.01. The minimum Gasteiger partial charge on any atom is -0.462 e. The maximum Gasteiger partial charge on any atom is 0.235 e. The van der Waals surface area contributed by atoms with Gasteiger partial charge in [0, 0.05) is 12.0 Å². The van der Waals surface area contributed by atoms with Crippen LogP contribution in [0.1, 0.15) is 0 Å². The van der Waals surface area contributed by atoms with E-state index in [0.29, 0.717) is 0 Å². The van der Waals surface area contributed by atoms with Crippen LogP contribution in [-0.2, 0) is 4.74 Å². The third-order valence-corrected chi connectivity index (χ3v) is 5.25. The second kappa shape index (κ2) is 9.23. The lowest BCUT2D eigenvalue weighted by atomic mass is 9.90. The van der Waals surface area contributed by atoms with Crippen LogP contribution in [0.15, 0.2) is 57.9 Å². The first kappa shape index (κ1) is 22.2. The highest BCUT2D eigenvalue weighted by molar-refractivity contribution is 5.79. The Kier molecular flexibility index (Phi) is 6.40. The molecule has 3 unspecified atom stereocenters. The molecule has 4 N–H and O–H groups in total. The van der Waals surface area contributed by atoms with E-state index in [4.69, 9.17) is 18.6 Å². The van der Waals surface area contributed by atoms with Crippen molar-refractivity contribution in [3.63, 3.8) is 0 Å². The van der Waals surface area contributed by atoms with Gasteiger partial charge in [-0.2, -0.15) is 0 Å². The van der Waals surface area contributed by atoms with Crippen molar-refractivity contribution < 1.29 is 43.4 Å². The van der Waals surface area contributed by atoms with E-state index in [1.807, 2.05) is 0 Å². The smallest absolute Gasteiger partial charge is 0.235 e. The van der Waals surface area contributed by atoms with E-state index in [2.05, 4.69) is 0 Å². The van der Waals surface area contributed by atoms with Crippen LogP contribution in [0.4, 0.5) is 4.39 Å². The monoisotopic (exact) mass is 448 g/mol. The normalized spacial score (nSPS) is 25.6. The molecule has 32 heavy (non-hydrogen) atoms. The zero-order chi connectivity index (χ0) is 22.8. The zero-order valence-corrected chi connectivity index (χ0v) is 16.6. The number of benzene rings is 2. The SMILES string of the molecule is O=c1c(Oc2ccc(F)cc2)coc2cc(O[C@@H]3OC(CO)[C@H](CO)C(O)C3O)ccc12. The predicted octanol–water partition coefficient (Wildman–Crippen LogP) is 1.15. The van der Waals surface area contributed by atoms with E-state index in [1.54, 1.807) is 0 Å². The van der Waals surface area contributed by atoms with Crippen molar-refractivity contribution in [3.05, 3.63) is 64.8 Å². The number of halogens is 1. The zero-order valence-electron chi connectivity index (χ0n) is 16.6. The average Bonchev–Trinajstić information content (AvgIpc) is 2.80. The van der Waals surface area contributed by atoms with Crippen LogP contribution >= 0.6 is 0 Å². The standard InChI is InChI=1S/C22H21FO9/c23-11-1-3-12(4-2-11)30-18-10-29-16-7-13(5-6-14(16)19(18)26)31-22-21(28)20(27)15(8-24)17(9-25)32-22/h1-7,10,15,17,20-22,24-25,27-28H,8-9H2/t15-,17?,20?,21?,22+/m0/s1. The van der Waals surface area contributed by atoms with Crippen molar-refractivity contribution >= 4 is 11.0 Å². The Balaban J connectivity index is 1.55. The van der Waals surface area contributed by atoms with Crippen molar-refractivity contribution in [2.24, 2.45) is 5.92 Å². The van der Waals surface area contributed by atoms with Crippen LogP contribution in [0.5, 0.6) is 17.2 Å². The van der Waals surface area contributed by atoms with Crippen LogP contribution in [0, 0.1) is 11.7 Å². The fourth-order valence-corrected chi connectivity index (χ4v) is 3.49. The van der Waals surface area contributed by atoms with E-state index >= 15 is 0 Å². The first-order valence-corrected chi connectivity index (χ1v) is 9.80. The molecule has 2 aromatic carbocycles. The number of fused-ring (bicyclic) bond motifs is 1. The molecule has 1 saturated heterocycles. The highest BCUT2D eigenvalue weighted by atomic mass is 19.1. The highest BCUT2D eigenvalue weighted by Crippen LogP contribution is 2.30. The van der Waals surface area contributed by atoms with Gasteiger partial charge in [0.2, 0.25) is 17.5 Å². The largest absolute Gasteiger partial charge is 0.462 e. The van der Waals surface area contributed by atoms with E-state index < -0.39 is 55.0 Å². The number of aliphatic hydroxyl groups excluding tert-OH is 4. The molecule has 0 saturated carbocycles. The third-order valence-electron chi connectivity index (χ3n) is 5.25. The quantitative estimate of drug-likeness (QED) is 0.437. The molecule has 3 aromatic rings. The number of hydrogen-bond donors (Lipinski definition) is 4. The van der Waals surface area contributed by atoms with Gasteiger partial charge in [-0.3, -0.25) is 4.79 Å². The first-order chi connectivity index (χ1) is 15.4. The number of rotatable bonds is 6. The summed E-state index contributed by atoms with van der Waals surface area (Å²) in [5, 5.41) is 39.4. The Hall–Kier alpha value is -3.02. The van der Waals surface area contributed by atoms with Gasteiger partial charge < -0.3 is 39.1 Å². The number of aliphatic hydroxyl groups is 4. The highest BCUT2D eigenvalue weighted by Gasteiger charge is 2.45. The molecule has 10 heteroatoms. The van der Waals surface area contributed by atoms with Crippen LogP contribution in [0.25, 0.3) is 11.0 Å². The van der Waals surface area contributed by atoms with Crippen molar-refractivity contribution in [2.45, 2.75) is 24.6 Å². The maximum atomic E-state index is 13.0. The van der Waals surface area contributed by atoms with Gasteiger partial charge in [0.15, 0.2) is 0 Å². The van der Waals surface area contributed by atoms with E-state index in [1.165, 1.54) is 42.5 Å². The van der Waals surface area contributed by atoms with Gasteiger partial charge in [-0.05, 0) is 36.4 Å². The van der Waals surface area contributed by atoms with E-state index in [9.17, 15) is 29.6 Å². The lowest BCUT2D eigenvalue weighted by Crippen LogP contribution is -2.58. The van der Waals surface area contributed by atoms with Crippen molar-refractivity contribution in [3.8, 4) is 17.2 Å². The molecular weight excluding hydrogens is 427 g/mol. The molecule has 4 rings (SSSR count). The van der Waals surface area contributed by atoms with Gasteiger partial charge in [0.05, 0.1) is 30.8 Å². The molecule has 1 aliphatic heterocycles. The third kappa shape index (κ3) is 4.31. The molecule has 0 bridgehead atoms. The maximum absolute atomic E-state index is 13.0. The van der Waals surface area contributed by atoms with Gasteiger partial charge in [-0.15, -0.1) is 0 Å². The molecule has 0 amide bonds. The molecule has 1 aromatic heterocycles. The molecule has 1 aliphatic rings. The molecule has 9 nitrogen and oxygen atoms in total. The summed E-state index contributed by atoms with van der Waals surface area (Å²) in [6.45, 7) is -0.974. The molecule has 2 heterocycles. The van der Waals surface area contributed by atoms with Crippen LogP contribution in [0.2, 0.25) is 0 Å². The Bertz CT molecular complexity index is 1130. The van der Waals surface area contributed by atoms with Gasteiger partial charge in [0.25, 0.3) is 0 Å². The van der Waals surface area contributed by atoms with E-state index in [-0.39, 0.29) is 28.2 Å². The second-order valence-corrected chi connectivity index (χ2v) is 7.31. The molecule has 170 valence electrons. The molecule has 0 spiro atoms. The minimum atomic E-state index is -1.48. The topological polar surface area (TPSA) is 139 Å². The molecule has 0 radical (unpaired) electrons. The van der Waals surface area contributed by atoms with Crippen molar-refractivity contribution in [1.29, 1.82) is 0 Å². The van der Waals surface area contributed by atoms with Gasteiger partial charge in [-0.25, -0.2) is 4.39 Å². The summed E-state index contributed by atoms with van der Waals surface area (Å²) >= 11 is 0. The molecule has 0 aliphatic carbocycles. The fourth-order valence-electron chi connectivity index (χ4n) is 3.49. The Morgan fingerprint density at radius 3 is 2.38 bits per heavy atom. The van der Waals surface area contributed by atoms with Crippen LogP contribution < -0.4 is 14.9 Å². The Morgan fingerprint density at radius 1 is 0.969 bits per heavy atom. The first-order valence-electron chi connectivity index (χ1n) is 9.80. The summed E-state index contributed by atoms with van der Waals surface area (Å²) < 4.78 is 35.0. The second-order valence-electron chi connectivity index (χ2n) is 7.31. The average molecular weight is 448 g/mol. The summed E-state index contributed by atoms with van der Waals surface area (Å²) in [4.78, 5) is 12.7. The Morgan fingerprint density at radius 2 is 1.69 bits per heavy atom. The number of ether oxygens (including phenoxy) is 3. The minimum absolute atomic E-state index is 0.0900. The van der Waals surface area contributed by atoms with Gasteiger partial charge in [0.1, 0.15) is 35.3 Å². The lowest BCUT2D eigenvalue weighted by molar-refractivity contribution is -0.267. The molecular formula is C22H21FO9. The summed E-state index contributed by atoms with van der Waals surface area (Å²) in [6, 6.07) is 9.42. The van der Waals surface area contributed by atoms with Crippen LogP contribution in [0.3, 0.4) is 0 Å². The van der Waals surface area contributed by atoms with E-state index in [0.717, 1.165) is 6.26 Å². The molecule has 5 atom stereocenters. The van der Waals surface area contributed by atoms with Crippen molar-refractivity contribution in [1.82, 2.24) is 0 Å². The van der Waals surface area contributed by atoms with Gasteiger partial charge >= 0.3 is 0 Å².